The Bertz CT molecular complexity index is 466. The van der Waals surface area contributed by atoms with E-state index in [1.54, 1.807) is 11.3 Å². The lowest BCUT2D eigenvalue weighted by molar-refractivity contribution is -0.143. The first-order valence-electron chi connectivity index (χ1n) is 7.10. The van der Waals surface area contributed by atoms with Gasteiger partial charge in [0.05, 0.1) is 3.79 Å². The number of thiophene rings is 1. The summed E-state index contributed by atoms with van der Waals surface area (Å²) in [5, 5.41) is 5.51. The van der Waals surface area contributed by atoms with E-state index in [2.05, 4.69) is 46.5 Å². The lowest BCUT2D eigenvalue weighted by atomic mass is 9.74. The number of carbonyl (C=O) groups excluding carboxylic acids is 1. The van der Waals surface area contributed by atoms with Gasteiger partial charge in [0.2, 0.25) is 5.91 Å². The minimum Gasteiger partial charge on any atom is -0.341 e. The minimum atomic E-state index is -0.296. The molecule has 1 aromatic heterocycles. The Kier molecular flexibility index (Phi) is 5.26. The van der Waals surface area contributed by atoms with Crippen LogP contribution in [0.15, 0.2) is 15.2 Å². The number of hydrogen-bond donors (Lipinski definition) is 1. The monoisotopic (exact) mass is 358 g/mol. The maximum atomic E-state index is 12.8. The highest BCUT2D eigenvalue weighted by Gasteiger charge is 2.38. The predicted octanol–water partition coefficient (Wildman–Crippen LogP) is 3.49. The second-order valence-corrected chi connectivity index (χ2v) is 8.48. The molecule has 1 saturated heterocycles. The van der Waals surface area contributed by atoms with Gasteiger partial charge in [-0.1, -0.05) is 13.8 Å². The molecule has 1 aromatic rings. The van der Waals surface area contributed by atoms with Gasteiger partial charge in [-0.05, 0) is 64.8 Å². The van der Waals surface area contributed by atoms with Crippen LogP contribution in [0, 0.1) is 11.3 Å². The maximum Gasteiger partial charge on any atom is 0.228 e. The van der Waals surface area contributed by atoms with Crippen molar-refractivity contribution in [3.05, 3.63) is 20.8 Å². The average molecular weight is 359 g/mol. The Balaban J connectivity index is 2.00. The summed E-state index contributed by atoms with van der Waals surface area (Å²) >= 11 is 5.13. The Hall–Kier alpha value is -0.390. The lowest BCUT2D eigenvalue weighted by Gasteiger charge is -2.38. The van der Waals surface area contributed by atoms with Crippen LogP contribution in [0.3, 0.4) is 0 Å². The molecule has 1 aliphatic heterocycles. The van der Waals surface area contributed by atoms with Crippen molar-refractivity contribution in [2.75, 3.05) is 20.1 Å². The van der Waals surface area contributed by atoms with Crippen LogP contribution >= 0.6 is 27.3 Å². The Labute approximate surface area is 133 Å². The third-order valence-corrected chi connectivity index (χ3v) is 5.81. The number of hydrogen-bond acceptors (Lipinski definition) is 3. The molecule has 1 fully saturated rings. The van der Waals surface area contributed by atoms with E-state index in [9.17, 15) is 4.79 Å². The summed E-state index contributed by atoms with van der Waals surface area (Å²) in [6.07, 6.45) is 2.31. The molecule has 0 aromatic carbocycles. The first-order chi connectivity index (χ1) is 9.41. The smallest absolute Gasteiger partial charge is 0.228 e. The third-order valence-electron chi connectivity index (χ3n) is 4.26. The summed E-state index contributed by atoms with van der Waals surface area (Å²) in [6, 6.07) is 2.09. The molecule has 20 heavy (non-hydrogen) atoms. The molecule has 1 atom stereocenters. The number of nitrogens with one attached hydrogen (secondary N) is 1. The van der Waals surface area contributed by atoms with Crippen molar-refractivity contribution in [1.82, 2.24) is 10.2 Å². The number of carbonyl (C=O) groups is 1. The fourth-order valence-corrected chi connectivity index (χ4v) is 4.11. The van der Waals surface area contributed by atoms with Crippen LogP contribution in [0.25, 0.3) is 0 Å². The normalized spacial score (nSPS) is 19.9. The third kappa shape index (κ3) is 3.62. The number of amides is 1. The zero-order chi connectivity index (χ0) is 14.8. The average Bonchev–Trinajstić information content (AvgIpc) is 2.84. The molecule has 1 aliphatic rings. The van der Waals surface area contributed by atoms with E-state index >= 15 is 0 Å². The highest BCUT2D eigenvalue weighted by Crippen LogP contribution is 2.34. The van der Waals surface area contributed by atoms with Gasteiger partial charge in [-0.2, -0.15) is 0 Å². The number of nitrogens with zero attached hydrogens (tertiary/aromatic N) is 1. The van der Waals surface area contributed by atoms with Crippen LogP contribution in [-0.2, 0) is 11.3 Å². The fraction of sp³-hybridized carbons (Fsp3) is 0.667. The predicted molar refractivity (Wildman–Crippen MR) is 87.9 cm³/mol. The van der Waals surface area contributed by atoms with Gasteiger partial charge < -0.3 is 10.2 Å². The van der Waals surface area contributed by atoms with Crippen LogP contribution in [0.1, 0.15) is 32.3 Å². The molecule has 1 amide bonds. The topological polar surface area (TPSA) is 32.3 Å². The van der Waals surface area contributed by atoms with Crippen molar-refractivity contribution in [2.24, 2.45) is 11.3 Å². The molecule has 1 unspecified atom stereocenters. The van der Waals surface area contributed by atoms with E-state index < -0.39 is 0 Å². The number of piperidine rings is 1. The van der Waals surface area contributed by atoms with E-state index in [0.29, 0.717) is 12.5 Å². The molecule has 2 heterocycles. The lowest BCUT2D eigenvalue weighted by Crippen LogP contribution is -2.47. The van der Waals surface area contributed by atoms with Gasteiger partial charge in [0.1, 0.15) is 0 Å². The molecule has 0 aliphatic carbocycles. The highest BCUT2D eigenvalue weighted by molar-refractivity contribution is 9.11. The second kappa shape index (κ2) is 6.58. The van der Waals surface area contributed by atoms with Gasteiger partial charge in [-0.25, -0.2) is 0 Å². The van der Waals surface area contributed by atoms with Crippen LogP contribution in [0.2, 0.25) is 0 Å². The minimum absolute atomic E-state index is 0.244. The van der Waals surface area contributed by atoms with E-state index in [4.69, 9.17) is 0 Å². The van der Waals surface area contributed by atoms with Crippen molar-refractivity contribution >= 4 is 33.2 Å². The SMILES string of the molecule is CN(Cc1csc(Br)c1)C(=O)C(C)(C)C1CCCNC1. The van der Waals surface area contributed by atoms with Gasteiger partial charge in [-0.15, -0.1) is 11.3 Å². The molecule has 0 spiro atoms. The standard InChI is InChI=1S/C15H23BrN2OS/c1-15(2,12-5-4-6-17-8-12)14(19)18(3)9-11-7-13(16)20-10-11/h7,10,12,17H,4-6,8-9H2,1-3H3. The summed E-state index contributed by atoms with van der Waals surface area (Å²) in [4.78, 5) is 14.6. The molecule has 112 valence electrons. The van der Waals surface area contributed by atoms with Crippen molar-refractivity contribution in [3.63, 3.8) is 0 Å². The molecule has 0 bridgehead atoms. The van der Waals surface area contributed by atoms with Crippen molar-refractivity contribution in [3.8, 4) is 0 Å². The van der Waals surface area contributed by atoms with E-state index in [1.165, 1.54) is 12.0 Å². The quantitative estimate of drug-likeness (QED) is 0.893. The van der Waals surface area contributed by atoms with E-state index in [0.717, 1.165) is 23.3 Å². The van der Waals surface area contributed by atoms with Gasteiger partial charge in [-0.3, -0.25) is 4.79 Å². The van der Waals surface area contributed by atoms with E-state index in [1.807, 2.05) is 11.9 Å². The zero-order valence-corrected chi connectivity index (χ0v) is 14.8. The van der Waals surface area contributed by atoms with Gasteiger partial charge >= 0.3 is 0 Å². The molecule has 1 N–H and O–H groups in total. The summed E-state index contributed by atoms with van der Waals surface area (Å²) in [6.45, 7) is 6.90. The molecule has 3 nitrogen and oxygen atoms in total. The maximum absolute atomic E-state index is 12.8. The van der Waals surface area contributed by atoms with Crippen molar-refractivity contribution in [1.29, 1.82) is 0 Å². The summed E-state index contributed by atoms with van der Waals surface area (Å²) in [5.74, 6) is 0.675. The largest absolute Gasteiger partial charge is 0.341 e. The fourth-order valence-electron chi connectivity index (χ4n) is 2.91. The second-order valence-electron chi connectivity index (χ2n) is 6.19. The van der Waals surface area contributed by atoms with Gasteiger partial charge in [0.15, 0.2) is 0 Å². The Morgan fingerprint density at radius 1 is 1.60 bits per heavy atom. The van der Waals surface area contributed by atoms with Crippen molar-refractivity contribution < 1.29 is 4.79 Å². The van der Waals surface area contributed by atoms with Crippen LogP contribution < -0.4 is 5.32 Å². The van der Waals surface area contributed by atoms with Crippen LogP contribution in [-0.4, -0.2) is 30.9 Å². The van der Waals surface area contributed by atoms with Crippen molar-refractivity contribution in [2.45, 2.75) is 33.2 Å². The Morgan fingerprint density at radius 3 is 2.90 bits per heavy atom. The highest BCUT2D eigenvalue weighted by atomic mass is 79.9. The zero-order valence-electron chi connectivity index (χ0n) is 12.4. The molecular weight excluding hydrogens is 336 g/mol. The van der Waals surface area contributed by atoms with Gasteiger partial charge in [0.25, 0.3) is 0 Å². The number of rotatable bonds is 4. The summed E-state index contributed by atoms with van der Waals surface area (Å²) in [7, 11) is 1.91. The summed E-state index contributed by atoms with van der Waals surface area (Å²) < 4.78 is 1.11. The molecular formula is C15H23BrN2OS. The molecule has 0 saturated carbocycles. The first-order valence-corrected chi connectivity index (χ1v) is 8.77. The van der Waals surface area contributed by atoms with Crippen LogP contribution in [0.5, 0.6) is 0 Å². The number of halogens is 1. The van der Waals surface area contributed by atoms with Crippen LogP contribution in [0.4, 0.5) is 0 Å². The van der Waals surface area contributed by atoms with E-state index in [-0.39, 0.29) is 11.3 Å². The Morgan fingerprint density at radius 2 is 2.35 bits per heavy atom. The first kappa shape index (κ1) is 16.0. The molecule has 2 rings (SSSR count). The summed E-state index contributed by atoms with van der Waals surface area (Å²) in [5.41, 5.74) is 0.894. The molecule has 0 radical (unpaired) electrons. The molecule has 5 heteroatoms. The van der Waals surface area contributed by atoms with Gasteiger partial charge in [0, 0.05) is 19.0 Å².